The van der Waals surface area contributed by atoms with Crippen molar-refractivity contribution in [2.75, 3.05) is 25.4 Å². The zero-order chi connectivity index (χ0) is 13.3. The molecule has 0 aliphatic rings. The first-order valence-corrected chi connectivity index (χ1v) is 7.07. The number of nitrogens with zero attached hydrogens (tertiary/aromatic N) is 1. The predicted molar refractivity (Wildman–Crippen MR) is 75.6 cm³/mol. The minimum absolute atomic E-state index is 0.180. The van der Waals surface area contributed by atoms with Crippen LogP contribution in [0.4, 0.5) is 0 Å². The number of hydrogen-bond donors (Lipinski definition) is 2. The first kappa shape index (κ1) is 16.0. The summed E-state index contributed by atoms with van der Waals surface area (Å²) in [5, 5.41) is 6.06. The van der Waals surface area contributed by atoms with Crippen molar-refractivity contribution < 1.29 is 4.21 Å². The molecule has 0 fully saturated rings. The summed E-state index contributed by atoms with van der Waals surface area (Å²) in [6, 6.07) is 0. The van der Waals surface area contributed by atoms with Crippen LogP contribution in [0.3, 0.4) is 0 Å². The molecule has 17 heavy (non-hydrogen) atoms. The average Bonchev–Trinajstić information content (AvgIpc) is 2.24. The molecule has 0 aromatic heterocycles. The maximum atomic E-state index is 11.8. The fraction of sp³-hybridized carbons (Fsp3) is 0.750. The quantitative estimate of drug-likeness (QED) is 0.433. The Morgan fingerprint density at radius 1 is 1.41 bits per heavy atom. The van der Waals surface area contributed by atoms with Gasteiger partial charge in [-0.05, 0) is 27.7 Å². The Kier molecular flexibility index (Phi) is 7.64. The first-order valence-electron chi connectivity index (χ1n) is 5.76. The molecule has 0 bridgehead atoms. The molecule has 0 saturated carbocycles. The van der Waals surface area contributed by atoms with E-state index in [4.69, 9.17) is 6.42 Å². The Morgan fingerprint density at radius 3 is 2.53 bits per heavy atom. The van der Waals surface area contributed by atoms with Gasteiger partial charge in [0.05, 0.1) is 13.1 Å². The topological polar surface area (TPSA) is 53.5 Å². The maximum Gasteiger partial charge on any atom is 0.192 e. The zero-order valence-corrected chi connectivity index (χ0v) is 12.0. The number of terminal acetylenes is 1. The molecule has 1 atom stereocenters. The number of hydrogen-bond acceptors (Lipinski definition) is 2. The monoisotopic (exact) mass is 257 g/mol. The van der Waals surface area contributed by atoms with Gasteiger partial charge in [-0.25, -0.2) is 0 Å². The van der Waals surface area contributed by atoms with E-state index >= 15 is 0 Å². The summed E-state index contributed by atoms with van der Waals surface area (Å²) in [5.41, 5.74) is 0. The van der Waals surface area contributed by atoms with E-state index in [1.54, 1.807) is 0 Å². The van der Waals surface area contributed by atoms with Crippen molar-refractivity contribution in [2.45, 2.75) is 32.4 Å². The van der Waals surface area contributed by atoms with Crippen LogP contribution in [0.2, 0.25) is 0 Å². The van der Waals surface area contributed by atoms with Gasteiger partial charge in [0.15, 0.2) is 5.96 Å². The SMILES string of the molecule is C#CCNC(=NCCS(=O)C(C)(C)C)NCC. The summed E-state index contributed by atoms with van der Waals surface area (Å²) in [4.78, 5) is 4.31. The van der Waals surface area contributed by atoms with Gasteiger partial charge < -0.3 is 10.6 Å². The highest BCUT2D eigenvalue weighted by molar-refractivity contribution is 7.86. The van der Waals surface area contributed by atoms with E-state index in [0.29, 0.717) is 24.8 Å². The van der Waals surface area contributed by atoms with E-state index < -0.39 is 10.8 Å². The molecule has 0 heterocycles. The Balaban J connectivity index is 4.17. The Morgan fingerprint density at radius 2 is 2.06 bits per heavy atom. The fourth-order valence-electron chi connectivity index (χ4n) is 1.02. The summed E-state index contributed by atoms with van der Waals surface area (Å²) in [6.07, 6.45) is 5.16. The molecule has 1 unspecified atom stereocenters. The van der Waals surface area contributed by atoms with Gasteiger partial charge in [-0.15, -0.1) is 6.42 Å². The predicted octanol–water partition coefficient (Wildman–Crippen LogP) is 0.722. The smallest absolute Gasteiger partial charge is 0.192 e. The lowest BCUT2D eigenvalue weighted by molar-refractivity contribution is 0.648. The number of rotatable bonds is 5. The normalized spacial score (nSPS) is 13.9. The summed E-state index contributed by atoms with van der Waals surface area (Å²) in [5.74, 6) is 3.73. The minimum atomic E-state index is -0.866. The number of nitrogens with one attached hydrogen (secondary N) is 2. The van der Waals surface area contributed by atoms with E-state index in [2.05, 4.69) is 21.5 Å². The molecular weight excluding hydrogens is 234 g/mol. The van der Waals surface area contributed by atoms with E-state index in [9.17, 15) is 4.21 Å². The van der Waals surface area contributed by atoms with E-state index in [0.717, 1.165) is 6.54 Å². The summed E-state index contributed by atoms with van der Waals surface area (Å²) < 4.78 is 11.6. The van der Waals surface area contributed by atoms with Gasteiger partial charge in [0.25, 0.3) is 0 Å². The van der Waals surface area contributed by atoms with Crippen molar-refractivity contribution in [3.8, 4) is 12.3 Å². The van der Waals surface area contributed by atoms with E-state index in [1.807, 2.05) is 27.7 Å². The van der Waals surface area contributed by atoms with Crippen molar-refractivity contribution in [3.05, 3.63) is 0 Å². The summed E-state index contributed by atoms with van der Waals surface area (Å²) >= 11 is 0. The second-order valence-electron chi connectivity index (χ2n) is 4.48. The van der Waals surface area contributed by atoms with Crippen LogP contribution in [0.5, 0.6) is 0 Å². The second-order valence-corrected chi connectivity index (χ2v) is 6.80. The van der Waals surface area contributed by atoms with Gasteiger partial charge in [0.2, 0.25) is 0 Å². The molecule has 0 aliphatic heterocycles. The highest BCUT2D eigenvalue weighted by atomic mass is 32.2. The van der Waals surface area contributed by atoms with Crippen LogP contribution in [0.1, 0.15) is 27.7 Å². The lowest BCUT2D eigenvalue weighted by Crippen LogP contribution is -2.38. The Bertz CT molecular complexity index is 313. The highest BCUT2D eigenvalue weighted by Gasteiger charge is 2.18. The third kappa shape index (κ3) is 7.81. The first-order chi connectivity index (χ1) is 7.91. The molecule has 4 nitrogen and oxygen atoms in total. The number of aliphatic imine (C=N–C) groups is 1. The number of guanidine groups is 1. The molecule has 0 aromatic carbocycles. The second kappa shape index (κ2) is 8.13. The molecule has 0 saturated heterocycles. The zero-order valence-electron chi connectivity index (χ0n) is 11.2. The van der Waals surface area contributed by atoms with Gasteiger partial charge in [-0.3, -0.25) is 9.20 Å². The minimum Gasteiger partial charge on any atom is -0.357 e. The molecule has 5 heteroatoms. The van der Waals surface area contributed by atoms with Gasteiger partial charge in [0, 0.05) is 27.8 Å². The lowest BCUT2D eigenvalue weighted by Gasteiger charge is -2.17. The van der Waals surface area contributed by atoms with Crippen LogP contribution >= 0.6 is 0 Å². The molecule has 0 amide bonds. The lowest BCUT2D eigenvalue weighted by atomic mass is 10.3. The maximum absolute atomic E-state index is 11.8. The van der Waals surface area contributed by atoms with Crippen LogP contribution in [0.15, 0.2) is 4.99 Å². The Hall–Kier alpha value is -1.02. The molecule has 0 radical (unpaired) electrons. The van der Waals surface area contributed by atoms with Crippen molar-refractivity contribution in [3.63, 3.8) is 0 Å². The van der Waals surface area contributed by atoms with Crippen LogP contribution in [-0.2, 0) is 10.8 Å². The summed E-state index contributed by atoms with van der Waals surface area (Å²) in [7, 11) is -0.866. The van der Waals surface area contributed by atoms with Gasteiger partial charge in [-0.1, -0.05) is 5.92 Å². The molecule has 2 N–H and O–H groups in total. The third-order valence-electron chi connectivity index (χ3n) is 1.93. The Labute approximate surface area is 107 Å². The standard InChI is InChI=1S/C12H23N3OS/c1-6-8-14-11(13-7-2)15-9-10-17(16)12(3,4)5/h1H,7-10H2,2-5H3,(H2,13,14,15). The van der Waals surface area contributed by atoms with Gasteiger partial charge >= 0.3 is 0 Å². The molecule has 0 spiro atoms. The van der Waals surface area contributed by atoms with Gasteiger partial charge in [0.1, 0.15) is 0 Å². The average molecular weight is 257 g/mol. The molecule has 0 aromatic rings. The van der Waals surface area contributed by atoms with Crippen LogP contribution in [0, 0.1) is 12.3 Å². The van der Waals surface area contributed by atoms with Crippen LogP contribution in [0.25, 0.3) is 0 Å². The fourth-order valence-corrected chi connectivity index (χ4v) is 1.89. The largest absolute Gasteiger partial charge is 0.357 e. The molecular formula is C12H23N3OS. The highest BCUT2D eigenvalue weighted by Crippen LogP contribution is 2.10. The van der Waals surface area contributed by atoms with E-state index in [-0.39, 0.29) is 4.75 Å². The molecule has 0 rings (SSSR count). The van der Waals surface area contributed by atoms with Crippen LogP contribution in [-0.4, -0.2) is 40.3 Å². The van der Waals surface area contributed by atoms with Crippen LogP contribution < -0.4 is 10.6 Å². The van der Waals surface area contributed by atoms with Crippen molar-refractivity contribution in [2.24, 2.45) is 4.99 Å². The van der Waals surface area contributed by atoms with E-state index in [1.165, 1.54) is 0 Å². The van der Waals surface area contributed by atoms with Crippen molar-refractivity contribution in [1.82, 2.24) is 10.6 Å². The third-order valence-corrected chi connectivity index (χ3v) is 3.85. The molecule has 98 valence electrons. The van der Waals surface area contributed by atoms with Crippen molar-refractivity contribution in [1.29, 1.82) is 0 Å². The molecule has 0 aliphatic carbocycles. The van der Waals surface area contributed by atoms with Crippen molar-refractivity contribution >= 4 is 16.8 Å². The van der Waals surface area contributed by atoms with Gasteiger partial charge in [-0.2, -0.15) is 0 Å². The summed E-state index contributed by atoms with van der Waals surface area (Å²) in [6.45, 7) is 9.63.